The van der Waals surface area contributed by atoms with Crippen LogP contribution in [0.15, 0.2) is 42.1 Å². The fourth-order valence-corrected chi connectivity index (χ4v) is 3.90. The average molecular weight is 308 g/mol. The van der Waals surface area contributed by atoms with Crippen LogP contribution in [-0.4, -0.2) is 28.2 Å². The molecule has 0 bridgehead atoms. The van der Waals surface area contributed by atoms with Crippen molar-refractivity contribution in [2.75, 3.05) is 6.54 Å². The highest BCUT2D eigenvalue weighted by Crippen LogP contribution is 2.37. The van der Waals surface area contributed by atoms with Gasteiger partial charge in [-0.05, 0) is 37.8 Å². The molecule has 0 radical (unpaired) electrons. The summed E-state index contributed by atoms with van der Waals surface area (Å²) in [5.74, 6) is -0.222. The van der Waals surface area contributed by atoms with Crippen LogP contribution < -0.4 is 0 Å². The predicted octanol–water partition coefficient (Wildman–Crippen LogP) is 3.05. The average Bonchev–Trinajstić information content (AvgIpc) is 3.06. The lowest BCUT2D eigenvalue weighted by molar-refractivity contribution is -0.139. The van der Waals surface area contributed by atoms with E-state index in [1.807, 2.05) is 31.3 Å². The summed E-state index contributed by atoms with van der Waals surface area (Å²) in [7, 11) is 0. The molecule has 23 heavy (non-hydrogen) atoms. The smallest absolute Gasteiger partial charge is 0.233 e. The number of rotatable bonds is 3. The van der Waals surface area contributed by atoms with Gasteiger partial charge in [0.15, 0.2) is 0 Å². The molecule has 1 aromatic heterocycles. The summed E-state index contributed by atoms with van der Waals surface area (Å²) >= 11 is 0. The molecule has 2 amide bonds. The third kappa shape index (κ3) is 2.29. The van der Waals surface area contributed by atoms with Gasteiger partial charge in [0.25, 0.3) is 0 Å². The molecule has 1 aliphatic heterocycles. The van der Waals surface area contributed by atoms with E-state index in [0.717, 1.165) is 17.5 Å². The number of imide groups is 1. The van der Waals surface area contributed by atoms with Crippen LogP contribution in [-0.2, 0) is 16.0 Å². The Balaban J connectivity index is 1.51. The highest BCUT2D eigenvalue weighted by Gasteiger charge is 2.47. The number of carbonyl (C=O) groups is 2. The zero-order valence-corrected chi connectivity index (χ0v) is 13.2. The maximum absolute atomic E-state index is 12.6. The Labute approximate surface area is 135 Å². The molecule has 0 saturated carbocycles. The molecule has 4 nitrogen and oxygen atoms in total. The molecule has 2 atom stereocenters. The minimum absolute atomic E-state index is 0.0172. The summed E-state index contributed by atoms with van der Waals surface area (Å²) < 4.78 is 0. The second-order valence-corrected chi connectivity index (χ2v) is 6.64. The lowest BCUT2D eigenvalue weighted by atomic mass is 9.82. The quantitative estimate of drug-likeness (QED) is 0.700. The van der Waals surface area contributed by atoms with Crippen LogP contribution in [0.3, 0.4) is 0 Å². The van der Waals surface area contributed by atoms with E-state index < -0.39 is 0 Å². The van der Waals surface area contributed by atoms with Crippen LogP contribution in [0.5, 0.6) is 0 Å². The predicted molar refractivity (Wildman–Crippen MR) is 88.7 cm³/mol. The normalized spacial score (nSPS) is 24.2. The lowest BCUT2D eigenvalue weighted by Gasteiger charge is -2.19. The number of nitrogens with one attached hydrogen (secondary N) is 1. The first-order valence-electron chi connectivity index (χ1n) is 8.21. The second kappa shape index (κ2) is 5.37. The van der Waals surface area contributed by atoms with Crippen molar-refractivity contribution in [3.63, 3.8) is 0 Å². The third-order valence-corrected chi connectivity index (χ3v) is 5.19. The number of aromatic nitrogens is 1. The van der Waals surface area contributed by atoms with Crippen LogP contribution in [0.4, 0.5) is 0 Å². The molecular weight excluding hydrogens is 288 g/mol. The summed E-state index contributed by atoms with van der Waals surface area (Å²) in [5.41, 5.74) is 3.48. The first-order chi connectivity index (χ1) is 11.1. The summed E-state index contributed by atoms with van der Waals surface area (Å²) in [6.45, 7) is 2.52. The molecule has 2 heterocycles. The Morgan fingerprint density at radius 3 is 2.83 bits per heavy atom. The van der Waals surface area contributed by atoms with E-state index >= 15 is 0 Å². The van der Waals surface area contributed by atoms with E-state index in [0.29, 0.717) is 19.4 Å². The van der Waals surface area contributed by atoms with Crippen molar-refractivity contribution >= 4 is 22.7 Å². The van der Waals surface area contributed by atoms with Gasteiger partial charge < -0.3 is 4.98 Å². The molecule has 1 N–H and O–H groups in total. The number of carbonyl (C=O) groups excluding carboxylic acids is 2. The van der Waals surface area contributed by atoms with Gasteiger partial charge in [0, 0.05) is 23.6 Å². The summed E-state index contributed by atoms with van der Waals surface area (Å²) in [5, 5.41) is 1.17. The Hall–Kier alpha value is -2.36. The molecule has 2 aliphatic rings. The maximum atomic E-state index is 12.6. The zero-order valence-electron chi connectivity index (χ0n) is 13.2. The highest BCUT2D eigenvalue weighted by atomic mass is 16.2. The van der Waals surface area contributed by atoms with Crippen molar-refractivity contribution in [2.24, 2.45) is 11.8 Å². The molecule has 0 unspecified atom stereocenters. The fourth-order valence-electron chi connectivity index (χ4n) is 3.90. The molecular formula is C19H20N2O2. The zero-order chi connectivity index (χ0) is 16.0. The van der Waals surface area contributed by atoms with E-state index in [4.69, 9.17) is 0 Å². The van der Waals surface area contributed by atoms with Crippen molar-refractivity contribution in [3.8, 4) is 0 Å². The number of aromatic amines is 1. The second-order valence-electron chi connectivity index (χ2n) is 6.64. The molecule has 4 heteroatoms. The number of likely N-dealkylation sites (tertiary alicyclic amines) is 1. The minimum Gasteiger partial charge on any atom is -0.361 e. The van der Waals surface area contributed by atoms with Gasteiger partial charge in [-0.3, -0.25) is 14.5 Å². The van der Waals surface area contributed by atoms with Gasteiger partial charge in [-0.15, -0.1) is 0 Å². The Kier molecular flexibility index (Phi) is 3.33. The first-order valence-corrected chi connectivity index (χ1v) is 8.21. The molecule has 1 saturated heterocycles. The molecule has 4 rings (SSSR count). The van der Waals surface area contributed by atoms with Crippen molar-refractivity contribution < 1.29 is 9.59 Å². The monoisotopic (exact) mass is 308 g/mol. The number of benzene rings is 1. The maximum Gasteiger partial charge on any atom is 0.233 e. The number of nitrogens with zero attached hydrogens (tertiary/aromatic N) is 1. The van der Waals surface area contributed by atoms with Crippen LogP contribution in [0, 0.1) is 11.8 Å². The number of H-pyrrole nitrogens is 1. The van der Waals surface area contributed by atoms with Gasteiger partial charge in [0.05, 0.1) is 11.8 Å². The largest absolute Gasteiger partial charge is 0.361 e. The van der Waals surface area contributed by atoms with Crippen LogP contribution in [0.25, 0.3) is 10.9 Å². The van der Waals surface area contributed by atoms with Crippen LogP contribution in [0.2, 0.25) is 0 Å². The molecule has 1 aromatic carbocycles. The number of hydrogen-bond acceptors (Lipinski definition) is 2. The number of hydrogen-bond donors (Lipinski definition) is 1. The van der Waals surface area contributed by atoms with Gasteiger partial charge in [-0.2, -0.15) is 0 Å². The van der Waals surface area contributed by atoms with Gasteiger partial charge in [0.2, 0.25) is 11.8 Å². The van der Waals surface area contributed by atoms with Gasteiger partial charge >= 0.3 is 0 Å². The fraction of sp³-hybridized carbons (Fsp3) is 0.368. The Morgan fingerprint density at radius 1 is 1.17 bits per heavy atom. The van der Waals surface area contributed by atoms with E-state index in [1.165, 1.54) is 15.9 Å². The minimum atomic E-state index is -0.130. The Bertz CT molecular complexity index is 818. The van der Waals surface area contributed by atoms with E-state index in [2.05, 4.69) is 17.1 Å². The SMILES string of the molecule is CC1=CC[C@H]2C(=O)N(CCc3c[nH]c4ccccc34)C(=O)[C@H]2C1. The van der Waals surface area contributed by atoms with Crippen LogP contribution in [0.1, 0.15) is 25.3 Å². The molecule has 118 valence electrons. The van der Waals surface area contributed by atoms with Gasteiger partial charge in [-0.1, -0.05) is 29.8 Å². The lowest BCUT2D eigenvalue weighted by Crippen LogP contribution is -2.33. The van der Waals surface area contributed by atoms with Crippen molar-refractivity contribution in [1.82, 2.24) is 9.88 Å². The van der Waals surface area contributed by atoms with E-state index in [9.17, 15) is 9.59 Å². The number of amides is 2. The molecule has 2 aromatic rings. The molecule has 1 aliphatic carbocycles. The Morgan fingerprint density at radius 2 is 1.96 bits per heavy atom. The highest BCUT2D eigenvalue weighted by molar-refractivity contribution is 6.05. The van der Waals surface area contributed by atoms with Gasteiger partial charge in [0.1, 0.15) is 0 Å². The van der Waals surface area contributed by atoms with E-state index in [1.54, 1.807) is 0 Å². The van der Waals surface area contributed by atoms with Crippen molar-refractivity contribution in [1.29, 1.82) is 0 Å². The van der Waals surface area contributed by atoms with E-state index in [-0.39, 0.29) is 23.7 Å². The topological polar surface area (TPSA) is 53.2 Å². The molecule has 0 spiro atoms. The van der Waals surface area contributed by atoms with Gasteiger partial charge in [-0.25, -0.2) is 0 Å². The standard InChI is InChI=1S/C19H20N2O2/c1-12-6-7-15-16(10-12)19(23)21(18(15)22)9-8-13-11-20-17-5-3-2-4-14(13)17/h2-6,11,15-16,20H,7-10H2,1H3/t15-,16+/m1/s1. The summed E-state index contributed by atoms with van der Waals surface area (Å²) in [6, 6.07) is 8.11. The number of fused-ring (bicyclic) bond motifs is 2. The number of para-hydroxylation sites is 1. The van der Waals surface area contributed by atoms with Crippen molar-refractivity contribution in [2.45, 2.75) is 26.2 Å². The first kappa shape index (κ1) is 14.2. The molecule has 1 fully saturated rings. The van der Waals surface area contributed by atoms with Crippen LogP contribution >= 0.6 is 0 Å². The summed E-state index contributed by atoms with van der Waals surface area (Å²) in [6.07, 6.45) is 6.24. The number of allylic oxidation sites excluding steroid dienone is 2. The third-order valence-electron chi connectivity index (χ3n) is 5.19. The van der Waals surface area contributed by atoms with Crippen molar-refractivity contribution in [3.05, 3.63) is 47.7 Å². The summed E-state index contributed by atoms with van der Waals surface area (Å²) in [4.78, 5) is 29.9.